The Hall–Kier alpha value is -1.92. The Bertz CT molecular complexity index is 350. The fraction of sp³-hybridized carbons (Fsp3) is 0.556. The van der Waals surface area contributed by atoms with E-state index >= 15 is 0 Å². The minimum atomic E-state index is -1.02. The molecular formula is C9H14N4O3. The van der Waals surface area contributed by atoms with Gasteiger partial charge in [-0.05, 0) is 6.42 Å². The minimum absolute atomic E-state index is 0.0203. The van der Waals surface area contributed by atoms with Crippen LogP contribution in [0.25, 0.3) is 0 Å². The number of rotatable bonds is 6. The molecule has 0 spiro atoms. The number of carbonyl (C=O) groups excluding carboxylic acids is 1. The lowest BCUT2D eigenvalue weighted by Crippen LogP contribution is -2.42. The number of carboxylic acids is 1. The molecule has 88 valence electrons. The van der Waals surface area contributed by atoms with Crippen molar-refractivity contribution in [2.24, 2.45) is 0 Å². The number of aliphatic carboxylic acids is 1. The van der Waals surface area contributed by atoms with Crippen LogP contribution in [0.2, 0.25) is 0 Å². The summed E-state index contributed by atoms with van der Waals surface area (Å²) in [6.07, 6.45) is 4.10. The normalized spacial score (nSPS) is 12.1. The quantitative estimate of drug-likeness (QED) is 0.690. The Labute approximate surface area is 92.4 Å². The molecule has 2 N–H and O–H groups in total. The SMILES string of the molecule is CCCC(NC(=O)Cn1ccnn1)C(=O)O. The Balaban J connectivity index is 2.45. The molecule has 0 aliphatic rings. The first-order chi connectivity index (χ1) is 7.63. The highest BCUT2D eigenvalue weighted by Gasteiger charge is 2.18. The smallest absolute Gasteiger partial charge is 0.326 e. The van der Waals surface area contributed by atoms with Crippen molar-refractivity contribution in [1.29, 1.82) is 0 Å². The van der Waals surface area contributed by atoms with Crippen LogP contribution >= 0.6 is 0 Å². The molecule has 1 rings (SSSR count). The highest BCUT2D eigenvalue weighted by Crippen LogP contribution is 1.97. The molecule has 0 saturated carbocycles. The van der Waals surface area contributed by atoms with Crippen molar-refractivity contribution >= 4 is 11.9 Å². The van der Waals surface area contributed by atoms with Crippen molar-refractivity contribution in [1.82, 2.24) is 20.3 Å². The van der Waals surface area contributed by atoms with Gasteiger partial charge in [-0.25, -0.2) is 9.48 Å². The van der Waals surface area contributed by atoms with E-state index in [4.69, 9.17) is 5.11 Å². The second-order valence-corrected chi connectivity index (χ2v) is 3.35. The monoisotopic (exact) mass is 226 g/mol. The number of carbonyl (C=O) groups is 2. The number of hydrogen-bond donors (Lipinski definition) is 2. The Morgan fingerprint density at radius 2 is 2.31 bits per heavy atom. The molecule has 1 aromatic heterocycles. The largest absolute Gasteiger partial charge is 0.480 e. The average molecular weight is 226 g/mol. The summed E-state index contributed by atoms with van der Waals surface area (Å²) >= 11 is 0. The highest BCUT2D eigenvalue weighted by atomic mass is 16.4. The zero-order valence-electron chi connectivity index (χ0n) is 8.96. The molecule has 0 aliphatic heterocycles. The van der Waals surface area contributed by atoms with Crippen LogP contribution in [0.4, 0.5) is 0 Å². The fourth-order valence-corrected chi connectivity index (χ4v) is 1.25. The predicted octanol–water partition coefficient (Wildman–Crippen LogP) is -0.352. The lowest BCUT2D eigenvalue weighted by atomic mass is 10.1. The van der Waals surface area contributed by atoms with Crippen molar-refractivity contribution in [2.75, 3.05) is 0 Å². The number of hydrogen-bond acceptors (Lipinski definition) is 4. The molecule has 1 unspecified atom stereocenters. The van der Waals surface area contributed by atoms with Crippen LogP contribution in [0.15, 0.2) is 12.4 Å². The van der Waals surface area contributed by atoms with Gasteiger partial charge in [-0.3, -0.25) is 4.79 Å². The summed E-state index contributed by atoms with van der Waals surface area (Å²) in [5, 5.41) is 18.4. The number of amides is 1. The predicted molar refractivity (Wildman–Crippen MR) is 54.5 cm³/mol. The molecule has 1 amide bonds. The highest BCUT2D eigenvalue weighted by molar-refractivity contribution is 5.83. The zero-order chi connectivity index (χ0) is 12.0. The van der Waals surface area contributed by atoms with Crippen LogP contribution in [0.5, 0.6) is 0 Å². The van der Waals surface area contributed by atoms with Gasteiger partial charge in [0, 0.05) is 6.20 Å². The molecule has 1 atom stereocenters. The fourth-order valence-electron chi connectivity index (χ4n) is 1.25. The summed E-state index contributed by atoms with van der Waals surface area (Å²) in [5.74, 6) is -1.40. The van der Waals surface area contributed by atoms with Crippen molar-refractivity contribution in [3.05, 3.63) is 12.4 Å². The van der Waals surface area contributed by atoms with E-state index in [1.165, 1.54) is 17.1 Å². The second-order valence-electron chi connectivity index (χ2n) is 3.35. The van der Waals surface area contributed by atoms with E-state index < -0.39 is 12.0 Å². The van der Waals surface area contributed by atoms with Gasteiger partial charge in [-0.1, -0.05) is 18.6 Å². The first-order valence-corrected chi connectivity index (χ1v) is 4.99. The van der Waals surface area contributed by atoms with Crippen LogP contribution in [0.1, 0.15) is 19.8 Å². The Morgan fingerprint density at radius 3 is 2.81 bits per heavy atom. The first-order valence-electron chi connectivity index (χ1n) is 4.99. The third-order valence-electron chi connectivity index (χ3n) is 1.99. The number of nitrogens with one attached hydrogen (secondary N) is 1. The van der Waals surface area contributed by atoms with Gasteiger partial charge in [-0.2, -0.15) is 0 Å². The topological polar surface area (TPSA) is 97.1 Å². The molecule has 0 saturated heterocycles. The third kappa shape index (κ3) is 3.68. The maximum atomic E-state index is 11.4. The van der Waals surface area contributed by atoms with Crippen LogP contribution < -0.4 is 5.32 Å². The third-order valence-corrected chi connectivity index (χ3v) is 1.99. The Morgan fingerprint density at radius 1 is 1.56 bits per heavy atom. The van der Waals surface area contributed by atoms with Crippen LogP contribution in [-0.4, -0.2) is 38.0 Å². The van der Waals surface area contributed by atoms with Crippen molar-refractivity contribution < 1.29 is 14.7 Å². The maximum absolute atomic E-state index is 11.4. The molecule has 7 heteroatoms. The van der Waals surface area contributed by atoms with E-state index in [1.807, 2.05) is 6.92 Å². The molecule has 16 heavy (non-hydrogen) atoms. The molecule has 0 aliphatic carbocycles. The lowest BCUT2D eigenvalue weighted by molar-refractivity contribution is -0.142. The van der Waals surface area contributed by atoms with E-state index in [0.29, 0.717) is 12.8 Å². The van der Waals surface area contributed by atoms with Crippen LogP contribution in [0.3, 0.4) is 0 Å². The van der Waals surface area contributed by atoms with E-state index in [9.17, 15) is 9.59 Å². The minimum Gasteiger partial charge on any atom is -0.480 e. The summed E-state index contributed by atoms with van der Waals surface area (Å²) in [6.45, 7) is 1.84. The van der Waals surface area contributed by atoms with Crippen LogP contribution in [0, 0.1) is 0 Å². The van der Waals surface area contributed by atoms with Gasteiger partial charge in [0.25, 0.3) is 0 Å². The molecule has 0 fully saturated rings. The van der Waals surface area contributed by atoms with Crippen molar-refractivity contribution in [2.45, 2.75) is 32.4 Å². The number of carboxylic acid groups (broad SMARTS) is 1. The average Bonchev–Trinajstić information content (AvgIpc) is 2.69. The molecule has 0 radical (unpaired) electrons. The summed E-state index contributed by atoms with van der Waals surface area (Å²) in [6, 6.07) is -0.832. The van der Waals surface area contributed by atoms with E-state index in [2.05, 4.69) is 15.6 Å². The van der Waals surface area contributed by atoms with Gasteiger partial charge >= 0.3 is 5.97 Å². The van der Waals surface area contributed by atoms with Gasteiger partial charge in [0.2, 0.25) is 5.91 Å². The molecule has 7 nitrogen and oxygen atoms in total. The first kappa shape index (κ1) is 12.2. The summed E-state index contributed by atoms with van der Waals surface area (Å²) in [5.41, 5.74) is 0. The van der Waals surface area contributed by atoms with E-state index in [1.54, 1.807) is 0 Å². The number of aromatic nitrogens is 3. The molecule has 0 bridgehead atoms. The van der Waals surface area contributed by atoms with E-state index in [0.717, 1.165) is 0 Å². The zero-order valence-corrected chi connectivity index (χ0v) is 8.96. The van der Waals surface area contributed by atoms with Gasteiger partial charge in [-0.15, -0.1) is 5.10 Å². The maximum Gasteiger partial charge on any atom is 0.326 e. The van der Waals surface area contributed by atoms with Crippen molar-refractivity contribution in [3.63, 3.8) is 0 Å². The standard InChI is InChI=1S/C9H14N4O3/c1-2-3-7(9(15)16)11-8(14)6-13-5-4-10-12-13/h4-5,7H,2-3,6H2,1H3,(H,11,14)(H,15,16). The van der Waals surface area contributed by atoms with Gasteiger partial charge in [0.1, 0.15) is 12.6 Å². The molecule has 1 heterocycles. The second kappa shape index (κ2) is 5.84. The molecular weight excluding hydrogens is 212 g/mol. The molecule has 1 aromatic rings. The number of nitrogens with zero attached hydrogens (tertiary/aromatic N) is 3. The summed E-state index contributed by atoms with van der Waals surface area (Å²) < 4.78 is 1.33. The van der Waals surface area contributed by atoms with Crippen molar-refractivity contribution in [3.8, 4) is 0 Å². The molecule has 0 aromatic carbocycles. The van der Waals surface area contributed by atoms with Crippen LogP contribution in [-0.2, 0) is 16.1 Å². The lowest BCUT2D eigenvalue weighted by Gasteiger charge is -2.13. The Kier molecular flexibility index (Phi) is 4.43. The van der Waals surface area contributed by atoms with Gasteiger partial charge < -0.3 is 10.4 Å². The summed E-state index contributed by atoms with van der Waals surface area (Å²) in [7, 11) is 0. The van der Waals surface area contributed by atoms with Gasteiger partial charge in [0.05, 0.1) is 6.20 Å². The summed E-state index contributed by atoms with van der Waals surface area (Å²) in [4.78, 5) is 22.2. The van der Waals surface area contributed by atoms with E-state index in [-0.39, 0.29) is 12.5 Å². The van der Waals surface area contributed by atoms with Gasteiger partial charge in [0.15, 0.2) is 0 Å².